The third-order valence-electron chi connectivity index (χ3n) is 3.41. The number of carbonyl (C=O) groups is 1. The molecule has 0 aliphatic carbocycles. The molecule has 112 valence electrons. The van der Waals surface area contributed by atoms with Crippen LogP contribution in [0.25, 0.3) is 0 Å². The minimum absolute atomic E-state index is 0.0659. The Kier molecular flexibility index (Phi) is 5.90. The highest BCUT2D eigenvalue weighted by Crippen LogP contribution is 2.14. The average molecular weight is 299 g/mol. The summed E-state index contributed by atoms with van der Waals surface area (Å²) in [5.41, 5.74) is 2.85. The van der Waals surface area contributed by atoms with Gasteiger partial charge in [0.1, 0.15) is 0 Å². The maximum Gasteiger partial charge on any atom is 0.222 e. The molecule has 1 saturated heterocycles. The Hall–Kier alpha value is -1.02. The van der Waals surface area contributed by atoms with Gasteiger partial charge in [0.2, 0.25) is 5.91 Å². The number of rotatable bonds is 6. The van der Waals surface area contributed by atoms with Crippen LogP contribution in [0.5, 0.6) is 0 Å². The normalized spacial score (nSPS) is 23.7. The lowest BCUT2D eigenvalue weighted by molar-refractivity contribution is -0.124. The van der Waals surface area contributed by atoms with Crippen molar-refractivity contribution in [1.82, 2.24) is 15.2 Å². The molecular formula is C13H21N3O3S. The lowest BCUT2D eigenvalue weighted by Crippen LogP contribution is -2.53. The molecular weight excluding hydrogens is 278 g/mol. The summed E-state index contributed by atoms with van der Waals surface area (Å²) in [7, 11) is 1.57. The molecule has 2 N–H and O–H groups in total. The van der Waals surface area contributed by atoms with E-state index in [0.29, 0.717) is 19.6 Å². The number of nitrogens with zero attached hydrogens (tertiary/aromatic N) is 2. The van der Waals surface area contributed by atoms with E-state index < -0.39 is 6.10 Å². The Labute approximate surface area is 122 Å². The molecule has 2 heterocycles. The number of likely N-dealkylation sites (tertiary alicyclic amines) is 1. The molecule has 1 aromatic heterocycles. The van der Waals surface area contributed by atoms with E-state index in [1.807, 2.05) is 10.9 Å². The Morgan fingerprint density at radius 2 is 2.55 bits per heavy atom. The Balaban J connectivity index is 1.75. The number of β-amino-alcohol motifs (C(OH)–C–C–N with tert-alkyl or cyclic N) is 1. The monoisotopic (exact) mass is 299 g/mol. The first-order valence-electron chi connectivity index (χ1n) is 6.75. The molecule has 1 aliphatic rings. The van der Waals surface area contributed by atoms with E-state index in [1.54, 1.807) is 18.4 Å². The van der Waals surface area contributed by atoms with Crippen LogP contribution in [-0.2, 0) is 16.1 Å². The molecule has 2 rings (SSSR count). The molecule has 1 aliphatic heterocycles. The van der Waals surface area contributed by atoms with Crippen molar-refractivity contribution in [2.45, 2.75) is 31.5 Å². The molecule has 20 heavy (non-hydrogen) atoms. The summed E-state index contributed by atoms with van der Waals surface area (Å²) in [6.07, 6.45) is 0.556. The number of methoxy groups -OCH3 is 1. The molecule has 0 unspecified atom stereocenters. The van der Waals surface area contributed by atoms with Crippen molar-refractivity contribution >= 4 is 17.2 Å². The van der Waals surface area contributed by atoms with Crippen molar-refractivity contribution in [2.75, 3.05) is 26.8 Å². The van der Waals surface area contributed by atoms with E-state index in [0.717, 1.165) is 25.2 Å². The van der Waals surface area contributed by atoms with Crippen LogP contribution in [0.2, 0.25) is 0 Å². The first-order valence-corrected chi connectivity index (χ1v) is 7.69. The van der Waals surface area contributed by atoms with Gasteiger partial charge >= 0.3 is 0 Å². The number of nitrogens with one attached hydrogen (secondary N) is 1. The van der Waals surface area contributed by atoms with Crippen molar-refractivity contribution in [3.05, 3.63) is 16.6 Å². The second kappa shape index (κ2) is 7.68. The van der Waals surface area contributed by atoms with E-state index in [9.17, 15) is 9.90 Å². The number of thiazole rings is 1. The molecule has 0 radical (unpaired) electrons. The van der Waals surface area contributed by atoms with Gasteiger partial charge in [-0.05, 0) is 6.42 Å². The van der Waals surface area contributed by atoms with Crippen molar-refractivity contribution < 1.29 is 14.6 Å². The third kappa shape index (κ3) is 4.52. The summed E-state index contributed by atoms with van der Waals surface area (Å²) in [4.78, 5) is 18.0. The second-order valence-corrected chi connectivity index (χ2v) is 5.71. The highest BCUT2D eigenvalue weighted by molar-refractivity contribution is 7.07. The van der Waals surface area contributed by atoms with E-state index >= 15 is 0 Å². The van der Waals surface area contributed by atoms with Gasteiger partial charge < -0.3 is 15.2 Å². The van der Waals surface area contributed by atoms with Crippen LogP contribution in [0.15, 0.2) is 10.9 Å². The number of carbonyl (C=O) groups excluding carboxylic acids is 1. The molecule has 1 amide bonds. The number of aliphatic hydroxyl groups is 1. The fourth-order valence-corrected chi connectivity index (χ4v) is 2.88. The number of aliphatic hydroxyl groups excluding tert-OH is 1. The van der Waals surface area contributed by atoms with E-state index in [1.165, 1.54) is 0 Å². The van der Waals surface area contributed by atoms with Crippen LogP contribution >= 0.6 is 11.3 Å². The molecule has 0 saturated carbocycles. The van der Waals surface area contributed by atoms with Gasteiger partial charge in [-0.1, -0.05) is 0 Å². The number of piperidine rings is 1. The first-order chi connectivity index (χ1) is 9.69. The lowest BCUT2D eigenvalue weighted by atomic mass is 10.0. The minimum atomic E-state index is -0.533. The molecule has 0 aromatic carbocycles. The molecule has 2 atom stereocenters. The zero-order chi connectivity index (χ0) is 14.4. The predicted molar refractivity (Wildman–Crippen MR) is 76.4 cm³/mol. The predicted octanol–water partition coefficient (Wildman–Crippen LogP) is 0.231. The number of hydrogen-bond acceptors (Lipinski definition) is 6. The summed E-state index contributed by atoms with van der Waals surface area (Å²) in [6.45, 7) is 2.58. The number of aromatic nitrogens is 1. The van der Waals surface area contributed by atoms with E-state index in [-0.39, 0.29) is 11.9 Å². The highest BCUT2D eigenvalue weighted by atomic mass is 32.1. The average Bonchev–Trinajstić information content (AvgIpc) is 2.92. The second-order valence-electron chi connectivity index (χ2n) is 4.99. The van der Waals surface area contributed by atoms with E-state index in [4.69, 9.17) is 4.74 Å². The molecule has 1 aromatic rings. The SMILES string of the molecule is COCCC(=O)N[C@@H]1CCN(Cc2cscn2)C[C@H]1O. The van der Waals surface area contributed by atoms with Crippen molar-refractivity contribution in [3.63, 3.8) is 0 Å². The fourth-order valence-electron chi connectivity index (χ4n) is 2.33. The summed E-state index contributed by atoms with van der Waals surface area (Å²) < 4.78 is 4.87. The highest BCUT2D eigenvalue weighted by Gasteiger charge is 2.28. The van der Waals surface area contributed by atoms with Crippen LogP contribution in [0, 0.1) is 0 Å². The van der Waals surface area contributed by atoms with Gasteiger partial charge in [0.05, 0.1) is 30.0 Å². The summed E-state index contributed by atoms with van der Waals surface area (Å²) >= 11 is 1.58. The zero-order valence-corrected chi connectivity index (χ0v) is 12.4. The van der Waals surface area contributed by atoms with Crippen LogP contribution in [0.1, 0.15) is 18.5 Å². The van der Waals surface area contributed by atoms with Gasteiger partial charge in [0, 0.05) is 38.5 Å². The van der Waals surface area contributed by atoms with Gasteiger partial charge in [-0.3, -0.25) is 9.69 Å². The van der Waals surface area contributed by atoms with Gasteiger partial charge in [-0.15, -0.1) is 11.3 Å². The Morgan fingerprint density at radius 1 is 1.70 bits per heavy atom. The standard InChI is InChI=1S/C13H21N3O3S/c1-19-5-3-13(18)15-11-2-4-16(7-12(11)17)6-10-8-20-9-14-10/h8-9,11-12,17H,2-7H2,1H3,(H,15,18)/t11-,12-/m1/s1. The summed E-state index contributed by atoms with van der Waals surface area (Å²) in [5.74, 6) is -0.0659. The number of amides is 1. The molecule has 0 spiro atoms. The molecule has 6 nitrogen and oxygen atoms in total. The Bertz CT molecular complexity index is 413. The zero-order valence-electron chi connectivity index (χ0n) is 11.6. The fraction of sp³-hybridized carbons (Fsp3) is 0.692. The quantitative estimate of drug-likeness (QED) is 0.786. The van der Waals surface area contributed by atoms with Crippen LogP contribution in [-0.4, -0.2) is 59.8 Å². The topological polar surface area (TPSA) is 74.7 Å². The van der Waals surface area contributed by atoms with Gasteiger partial charge in [0.25, 0.3) is 0 Å². The van der Waals surface area contributed by atoms with Gasteiger partial charge in [0.15, 0.2) is 0 Å². The van der Waals surface area contributed by atoms with Crippen LogP contribution < -0.4 is 5.32 Å². The largest absolute Gasteiger partial charge is 0.390 e. The van der Waals surface area contributed by atoms with Crippen LogP contribution in [0.3, 0.4) is 0 Å². The Morgan fingerprint density at radius 3 is 3.20 bits per heavy atom. The van der Waals surface area contributed by atoms with Gasteiger partial charge in [-0.25, -0.2) is 4.98 Å². The molecule has 1 fully saturated rings. The first kappa shape index (κ1) is 15.4. The lowest BCUT2D eigenvalue weighted by Gasteiger charge is -2.35. The minimum Gasteiger partial charge on any atom is -0.390 e. The summed E-state index contributed by atoms with van der Waals surface area (Å²) in [5, 5.41) is 15.0. The summed E-state index contributed by atoms with van der Waals surface area (Å²) in [6, 6.07) is -0.161. The van der Waals surface area contributed by atoms with E-state index in [2.05, 4.69) is 15.2 Å². The molecule has 0 bridgehead atoms. The van der Waals surface area contributed by atoms with Crippen molar-refractivity contribution in [3.8, 4) is 0 Å². The number of ether oxygens (including phenoxy) is 1. The maximum absolute atomic E-state index is 11.6. The van der Waals surface area contributed by atoms with Crippen molar-refractivity contribution in [2.24, 2.45) is 0 Å². The number of hydrogen-bond donors (Lipinski definition) is 2. The van der Waals surface area contributed by atoms with Crippen LogP contribution in [0.4, 0.5) is 0 Å². The van der Waals surface area contributed by atoms with Crippen molar-refractivity contribution in [1.29, 1.82) is 0 Å². The maximum atomic E-state index is 11.6. The third-order valence-corrected chi connectivity index (χ3v) is 4.05. The smallest absolute Gasteiger partial charge is 0.222 e. The molecule has 7 heteroatoms. The van der Waals surface area contributed by atoms with Gasteiger partial charge in [-0.2, -0.15) is 0 Å².